The predicted molar refractivity (Wildman–Crippen MR) is 86.2 cm³/mol. The van der Waals surface area contributed by atoms with Crippen molar-refractivity contribution in [1.29, 1.82) is 0 Å². The lowest BCUT2D eigenvalue weighted by molar-refractivity contribution is 0.204. The summed E-state index contributed by atoms with van der Waals surface area (Å²) in [5.74, 6) is 0.445. The van der Waals surface area contributed by atoms with Crippen LogP contribution in [0.1, 0.15) is 18.6 Å². The summed E-state index contributed by atoms with van der Waals surface area (Å²) in [5, 5.41) is 23.1. The van der Waals surface area contributed by atoms with Gasteiger partial charge in [-0.15, -0.1) is 10.2 Å². The maximum atomic E-state index is 10.2. The molecule has 1 heterocycles. The zero-order valence-electron chi connectivity index (χ0n) is 10.6. The summed E-state index contributed by atoms with van der Waals surface area (Å²) in [5.41, 5.74) is 0.628. The Morgan fingerprint density at radius 2 is 2.20 bits per heavy atom. The summed E-state index contributed by atoms with van der Waals surface area (Å²) in [6.07, 6.45) is -0.697. The monoisotopic (exact) mass is 349 g/mol. The first-order valence-corrected chi connectivity index (χ1v) is 8.49. The molecule has 0 bridgehead atoms. The number of benzene rings is 1. The number of nitrogens with one attached hydrogen (secondary N) is 1. The molecule has 0 radical (unpaired) electrons. The molecule has 1 atom stereocenters. The molecular formula is C12H13Cl2N3OS2. The number of anilines is 1. The molecule has 2 N–H and O–H groups in total. The molecule has 108 valence electrons. The van der Waals surface area contributed by atoms with Gasteiger partial charge >= 0.3 is 0 Å². The highest BCUT2D eigenvalue weighted by atomic mass is 35.5. The first-order chi connectivity index (χ1) is 9.60. The van der Waals surface area contributed by atoms with Gasteiger partial charge in [0.1, 0.15) is 0 Å². The van der Waals surface area contributed by atoms with E-state index in [1.54, 1.807) is 18.2 Å². The second kappa shape index (κ2) is 7.47. The van der Waals surface area contributed by atoms with Gasteiger partial charge in [0.25, 0.3) is 0 Å². The minimum atomic E-state index is -0.697. The Labute approximate surface area is 135 Å². The van der Waals surface area contributed by atoms with Crippen molar-refractivity contribution in [2.75, 3.05) is 17.6 Å². The Morgan fingerprint density at radius 3 is 2.95 bits per heavy atom. The zero-order valence-corrected chi connectivity index (χ0v) is 13.8. The molecule has 0 aliphatic carbocycles. The Kier molecular flexibility index (Phi) is 5.92. The zero-order chi connectivity index (χ0) is 14.5. The molecule has 20 heavy (non-hydrogen) atoms. The van der Waals surface area contributed by atoms with E-state index >= 15 is 0 Å². The number of hydrogen-bond acceptors (Lipinski definition) is 6. The average Bonchev–Trinajstić information content (AvgIpc) is 2.87. The minimum Gasteiger partial charge on any atom is -0.387 e. The third kappa shape index (κ3) is 4.23. The number of aliphatic hydroxyl groups excluding tert-OH is 1. The van der Waals surface area contributed by atoms with Gasteiger partial charge in [-0.3, -0.25) is 0 Å². The number of aliphatic hydroxyl groups is 1. The molecule has 0 spiro atoms. The van der Waals surface area contributed by atoms with Crippen LogP contribution in [0.25, 0.3) is 0 Å². The highest BCUT2D eigenvalue weighted by Gasteiger charge is 2.14. The van der Waals surface area contributed by atoms with Crippen molar-refractivity contribution in [2.24, 2.45) is 0 Å². The Bertz CT molecular complexity index is 580. The van der Waals surface area contributed by atoms with Gasteiger partial charge in [0.2, 0.25) is 5.13 Å². The maximum Gasteiger partial charge on any atom is 0.206 e. The van der Waals surface area contributed by atoms with Gasteiger partial charge in [-0.25, -0.2) is 0 Å². The largest absolute Gasteiger partial charge is 0.387 e. The second-order valence-corrected chi connectivity index (χ2v) is 6.98. The Balaban J connectivity index is 1.97. The quantitative estimate of drug-likeness (QED) is 0.768. The topological polar surface area (TPSA) is 58.0 Å². The van der Waals surface area contributed by atoms with E-state index in [1.165, 1.54) is 23.1 Å². The molecule has 0 saturated carbocycles. The van der Waals surface area contributed by atoms with Gasteiger partial charge in [-0.2, -0.15) is 0 Å². The highest BCUT2D eigenvalue weighted by molar-refractivity contribution is 8.01. The molecule has 1 aromatic carbocycles. The normalized spacial score (nSPS) is 12.4. The third-order valence-electron chi connectivity index (χ3n) is 2.42. The van der Waals surface area contributed by atoms with E-state index in [1.807, 2.05) is 6.92 Å². The SMILES string of the molecule is CCNc1nnc(SCC(O)c2cc(Cl)ccc2Cl)s1. The summed E-state index contributed by atoms with van der Waals surface area (Å²) in [7, 11) is 0. The summed E-state index contributed by atoms with van der Waals surface area (Å²) in [4.78, 5) is 0. The predicted octanol–water partition coefficient (Wildman–Crippen LogP) is 4.10. The number of thioether (sulfide) groups is 1. The fraction of sp³-hybridized carbons (Fsp3) is 0.333. The van der Waals surface area contributed by atoms with E-state index in [0.29, 0.717) is 21.4 Å². The van der Waals surface area contributed by atoms with Crippen LogP contribution in [0, 0.1) is 0 Å². The van der Waals surface area contributed by atoms with E-state index < -0.39 is 6.10 Å². The van der Waals surface area contributed by atoms with Crippen molar-refractivity contribution < 1.29 is 5.11 Å². The fourth-order valence-electron chi connectivity index (χ4n) is 1.50. The number of aromatic nitrogens is 2. The van der Waals surface area contributed by atoms with Crippen molar-refractivity contribution >= 4 is 51.4 Å². The maximum absolute atomic E-state index is 10.2. The molecule has 1 unspecified atom stereocenters. The lowest BCUT2D eigenvalue weighted by Crippen LogP contribution is -2.01. The van der Waals surface area contributed by atoms with Crippen LogP contribution in [0.2, 0.25) is 10.0 Å². The van der Waals surface area contributed by atoms with Crippen LogP contribution in [0.4, 0.5) is 5.13 Å². The average molecular weight is 350 g/mol. The molecule has 8 heteroatoms. The molecular weight excluding hydrogens is 337 g/mol. The van der Waals surface area contributed by atoms with E-state index in [4.69, 9.17) is 23.2 Å². The van der Waals surface area contributed by atoms with E-state index in [2.05, 4.69) is 15.5 Å². The Morgan fingerprint density at radius 1 is 1.40 bits per heavy atom. The second-order valence-electron chi connectivity index (χ2n) is 3.90. The van der Waals surface area contributed by atoms with Crippen molar-refractivity contribution in [3.05, 3.63) is 33.8 Å². The number of halogens is 2. The molecule has 0 amide bonds. The first-order valence-electron chi connectivity index (χ1n) is 5.93. The van der Waals surface area contributed by atoms with E-state index in [-0.39, 0.29) is 0 Å². The summed E-state index contributed by atoms with van der Waals surface area (Å²) < 4.78 is 0.804. The minimum absolute atomic E-state index is 0.445. The van der Waals surface area contributed by atoms with Gasteiger partial charge < -0.3 is 10.4 Å². The van der Waals surface area contributed by atoms with Gasteiger partial charge in [-0.1, -0.05) is 46.3 Å². The van der Waals surface area contributed by atoms with Crippen molar-refractivity contribution in [2.45, 2.75) is 17.4 Å². The van der Waals surface area contributed by atoms with Crippen molar-refractivity contribution in [1.82, 2.24) is 10.2 Å². The standard InChI is InChI=1S/C12H13Cl2N3OS2/c1-2-15-11-16-17-12(20-11)19-6-10(18)8-5-7(13)3-4-9(8)14/h3-5,10,18H,2,6H2,1H3,(H,15,16). The molecule has 2 aromatic rings. The summed E-state index contributed by atoms with van der Waals surface area (Å²) in [6, 6.07) is 5.06. The van der Waals surface area contributed by atoms with Crippen LogP contribution >= 0.6 is 46.3 Å². The lowest BCUT2D eigenvalue weighted by atomic mass is 10.1. The van der Waals surface area contributed by atoms with Gasteiger partial charge in [-0.05, 0) is 25.1 Å². The van der Waals surface area contributed by atoms with Crippen LogP contribution in [0.15, 0.2) is 22.5 Å². The lowest BCUT2D eigenvalue weighted by Gasteiger charge is -2.11. The summed E-state index contributed by atoms with van der Waals surface area (Å²) in [6.45, 7) is 2.80. The van der Waals surface area contributed by atoms with Gasteiger partial charge in [0.05, 0.1) is 6.10 Å². The van der Waals surface area contributed by atoms with Crippen LogP contribution in [-0.4, -0.2) is 27.6 Å². The molecule has 0 aliphatic rings. The number of rotatable bonds is 6. The van der Waals surface area contributed by atoms with Crippen LogP contribution < -0.4 is 5.32 Å². The van der Waals surface area contributed by atoms with Crippen molar-refractivity contribution in [3.63, 3.8) is 0 Å². The van der Waals surface area contributed by atoms with Crippen LogP contribution in [0.3, 0.4) is 0 Å². The van der Waals surface area contributed by atoms with E-state index in [9.17, 15) is 5.11 Å². The first kappa shape index (κ1) is 15.9. The molecule has 0 saturated heterocycles. The Hall–Kier alpha value is -0.530. The molecule has 0 aliphatic heterocycles. The molecule has 1 aromatic heterocycles. The van der Waals surface area contributed by atoms with Crippen LogP contribution in [-0.2, 0) is 0 Å². The number of nitrogens with zero attached hydrogens (tertiary/aromatic N) is 2. The van der Waals surface area contributed by atoms with Gasteiger partial charge in [0, 0.05) is 27.9 Å². The van der Waals surface area contributed by atoms with Gasteiger partial charge in [0.15, 0.2) is 4.34 Å². The van der Waals surface area contributed by atoms with Crippen LogP contribution in [0.5, 0.6) is 0 Å². The molecule has 0 fully saturated rings. The summed E-state index contributed by atoms with van der Waals surface area (Å²) >= 11 is 14.9. The fourth-order valence-corrected chi connectivity index (χ4v) is 3.73. The number of hydrogen-bond donors (Lipinski definition) is 2. The van der Waals surface area contributed by atoms with Crippen molar-refractivity contribution in [3.8, 4) is 0 Å². The van der Waals surface area contributed by atoms with E-state index in [0.717, 1.165) is 16.0 Å². The molecule has 4 nitrogen and oxygen atoms in total. The third-order valence-corrected chi connectivity index (χ3v) is 5.09. The highest BCUT2D eigenvalue weighted by Crippen LogP contribution is 2.32. The molecule has 2 rings (SSSR count). The smallest absolute Gasteiger partial charge is 0.206 e.